The number of nitrogens with zero attached hydrogens (tertiary/aromatic N) is 1. The second-order valence-corrected chi connectivity index (χ2v) is 4.68. The minimum Gasteiger partial charge on any atom is -0.397 e. The number of rotatable bonds is 3. The summed E-state index contributed by atoms with van der Waals surface area (Å²) in [6.07, 6.45) is 3.94. The maximum absolute atomic E-state index is 5.81. The van der Waals surface area contributed by atoms with Gasteiger partial charge in [-0.1, -0.05) is 0 Å². The quantitative estimate of drug-likeness (QED) is 0.785. The molecule has 0 radical (unpaired) electrons. The number of benzene rings is 1. The van der Waals surface area contributed by atoms with Gasteiger partial charge in [-0.15, -0.1) is 0 Å². The largest absolute Gasteiger partial charge is 0.397 e. The van der Waals surface area contributed by atoms with E-state index < -0.39 is 0 Å². The average Bonchev–Trinajstić information content (AvgIpc) is 2.34. The third kappa shape index (κ3) is 3.03. The maximum Gasteiger partial charge on any atom is 0.0749 e. The molecule has 0 spiro atoms. The topological polar surface area (TPSA) is 64.5 Å². The Kier molecular flexibility index (Phi) is 3.74. The van der Waals surface area contributed by atoms with Crippen LogP contribution in [0.4, 0.5) is 17.1 Å². The first-order valence-corrected chi connectivity index (χ1v) is 6.14. The zero-order valence-electron chi connectivity index (χ0n) is 10.4. The van der Waals surface area contributed by atoms with Gasteiger partial charge in [0.25, 0.3) is 0 Å². The number of anilines is 3. The summed E-state index contributed by atoms with van der Waals surface area (Å²) in [6, 6.07) is 5.76. The molecule has 0 aromatic heterocycles. The number of hydrogen-bond acceptors (Lipinski definition) is 4. The Morgan fingerprint density at radius 3 is 2.76 bits per heavy atom. The molecule has 4 N–H and O–H groups in total. The van der Waals surface area contributed by atoms with Crippen LogP contribution in [0.3, 0.4) is 0 Å². The summed E-state index contributed by atoms with van der Waals surface area (Å²) < 4.78 is 5.73. The Hall–Kier alpha value is -1.42. The number of likely N-dealkylation sites (N-methyl/N-ethyl adjacent to an activating group) is 1. The molecule has 4 nitrogen and oxygen atoms in total. The van der Waals surface area contributed by atoms with E-state index in [1.165, 1.54) is 12.8 Å². The van der Waals surface area contributed by atoms with Crippen molar-refractivity contribution in [3.8, 4) is 0 Å². The highest BCUT2D eigenvalue weighted by Gasteiger charge is 2.16. The summed E-state index contributed by atoms with van der Waals surface area (Å²) in [5.41, 5.74) is 13.9. The highest BCUT2D eigenvalue weighted by Crippen LogP contribution is 2.23. The van der Waals surface area contributed by atoms with Crippen molar-refractivity contribution >= 4 is 17.1 Å². The minimum atomic E-state index is 0.340. The fourth-order valence-corrected chi connectivity index (χ4v) is 2.16. The molecular formula is C13H21N3O. The van der Waals surface area contributed by atoms with Crippen LogP contribution in [-0.2, 0) is 4.74 Å². The van der Waals surface area contributed by atoms with Crippen LogP contribution in [0.1, 0.15) is 19.3 Å². The van der Waals surface area contributed by atoms with Crippen LogP contribution in [0.5, 0.6) is 0 Å². The van der Waals surface area contributed by atoms with Gasteiger partial charge < -0.3 is 21.1 Å². The smallest absolute Gasteiger partial charge is 0.0749 e. The standard InChI is InChI=1S/C13H21N3O/c1-16(9-11-4-2-3-7-17-11)10-5-6-12(14)13(15)8-10/h5-6,8,11H,2-4,7,9,14-15H2,1H3. The third-order valence-corrected chi connectivity index (χ3v) is 3.26. The second kappa shape index (κ2) is 5.27. The molecule has 1 atom stereocenters. The summed E-state index contributed by atoms with van der Waals surface area (Å²) in [4.78, 5) is 2.17. The van der Waals surface area contributed by atoms with Gasteiger partial charge in [0.1, 0.15) is 0 Å². The predicted octanol–water partition coefficient (Wildman–Crippen LogP) is 1.86. The fraction of sp³-hybridized carbons (Fsp3) is 0.538. The number of nitrogens with two attached hydrogens (primary N) is 2. The van der Waals surface area contributed by atoms with Crippen LogP contribution >= 0.6 is 0 Å². The Morgan fingerprint density at radius 2 is 2.12 bits per heavy atom. The van der Waals surface area contributed by atoms with E-state index in [4.69, 9.17) is 16.2 Å². The van der Waals surface area contributed by atoms with E-state index in [2.05, 4.69) is 11.9 Å². The van der Waals surface area contributed by atoms with Gasteiger partial charge in [0, 0.05) is 25.9 Å². The molecule has 1 heterocycles. The van der Waals surface area contributed by atoms with E-state index in [0.717, 1.165) is 25.3 Å². The summed E-state index contributed by atoms with van der Waals surface area (Å²) in [6.45, 7) is 1.80. The zero-order valence-corrected chi connectivity index (χ0v) is 10.4. The Morgan fingerprint density at radius 1 is 1.29 bits per heavy atom. The molecule has 1 fully saturated rings. The van der Waals surface area contributed by atoms with Gasteiger partial charge in [0.05, 0.1) is 17.5 Å². The third-order valence-electron chi connectivity index (χ3n) is 3.26. The predicted molar refractivity (Wildman–Crippen MR) is 72.1 cm³/mol. The second-order valence-electron chi connectivity index (χ2n) is 4.68. The van der Waals surface area contributed by atoms with Gasteiger partial charge in [-0.05, 0) is 37.5 Å². The first-order valence-electron chi connectivity index (χ1n) is 6.14. The van der Waals surface area contributed by atoms with Crippen LogP contribution in [0.2, 0.25) is 0 Å². The van der Waals surface area contributed by atoms with Crippen LogP contribution in [0.25, 0.3) is 0 Å². The molecule has 0 saturated carbocycles. The SMILES string of the molecule is CN(CC1CCCCO1)c1ccc(N)c(N)c1. The van der Waals surface area contributed by atoms with Gasteiger partial charge in [-0.3, -0.25) is 0 Å². The van der Waals surface area contributed by atoms with E-state index in [1.807, 2.05) is 18.2 Å². The highest BCUT2D eigenvalue weighted by molar-refractivity contribution is 5.69. The van der Waals surface area contributed by atoms with Gasteiger partial charge in [-0.25, -0.2) is 0 Å². The monoisotopic (exact) mass is 235 g/mol. The Labute approximate surface area is 103 Å². The molecule has 4 heteroatoms. The average molecular weight is 235 g/mol. The van der Waals surface area contributed by atoms with Crippen molar-refractivity contribution in [2.45, 2.75) is 25.4 Å². The molecule has 94 valence electrons. The van der Waals surface area contributed by atoms with E-state index in [-0.39, 0.29) is 0 Å². The fourth-order valence-electron chi connectivity index (χ4n) is 2.16. The van der Waals surface area contributed by atoms with Crippen molar-refractivity contribution < 1.29 is 4.74 Å². The van der Waals surface area contributed by atoms with Gasteiger partial charge >= 0.3 is 0 Å². The molecule has 0 bridgehead atoms. The number of ether oxygens (including phenoxy) is 1. The Balaban J connectivity index is 1.98. The van der Waals surface area contributed by atoms with Gasteiger partial charge in [0.2, 0.25) is 0 Å². The maximum atomic E-state index is 5.81. The lowest BCUT2D eigenvalue weighted by Crippen LogP contribution is -2.33. The molecular weight excluding hydrogens is 214 g/mol. The van der Waals surface area contributed by atoms with Crippen molar-refractivity contribution in [1.29, 1.82) is 0 Å². The Bertz CT molecular complexity index is 375. The molecule has 1 aromatic carbocycles. The van der Waals surface area contributed by atoms with Crippen LogP contribution in [0, 0.1) is 0 Å². The van der Waals surface area contributed by atoms with Crippen molar-refractivity contribution in [1.82, 2.24) is 0 Å². The van der Waals surface area contributed by atoms with E-state index in [0.29, 0.717) is 17.5 Å². The molecule has 0 amide bonds. The summed E-state index contributed by atoms with van der Waals surface area (Å²) in [5.74, 6) is 0. The molecule has 1 aliphatic heterocycles. The number of nitrogen functional groups attached to an aromatic ring is 2. The van der Waals surface area contributed by atoms with Crippen molar-refractivity contribution in [3.63, 3.8) is 0 Å². The lowest BCUT2D eigenvalue weighted by molar-refractivity contribution is 0.0216. The minimum absolute atomic E-state index is 0.340. The first kappa shape index (κ1) is 12.0. The summed E-state index contributed by atoms with van der Waals surface area (Å²) >= 11 is 0. The van der Waals surface area contributed by atoms with E-state index >= 15 is 0 Å². The van der Waals surface area contributed by atoms with Crippen molar-refractivity contribution in [2.24, 2.45) is 0 Å². The highest BCUT2D eigenvalue weighted by atomic mass is 16.5. The molecule has 1 aromatic rings. The first-order chi connectivity index (χ1) is 8.16. The van der Waals surface area contributed by atoms with E-state index in [9.17, 15) is 0 Å². The number of hydrogen-bond donors (Lipinski definition) is 2. The molecule has 2 rings (SSSR count). The molecule has 1 saturated heterocycles. The van der Waals surface area contributed by atoms with Crippen LogP contribution < -0.4 is 16.4 Å². The lowest BCUT2D eigenvalue weighted by atomic mass is 10.1. The van der Waals surface area contributed by atoms with Gasteiger partial charge in [-0.2, -0.15) is 0 Å². The molecule has 1 unspecified atom stereocenters. The molecule has 17 heavy (non-hydrogen) atoms. The van der Waals surface area contributed by atoms with Crippen molar-refractivity contribution in [3.05, 3.63) is 18.2 Å². The van der Waals surface area contributed by atoms with E-state index in [1.54, 1.807) is 0 Å². The normalized spacial score (nSPS) is 20.2. The lowest BCUT2D eigenvalue weighted by Gasteiger charge is -2.28. The summed E-state index contributed by atoms with van der Waals surface area (Å²) in [7, 11) is 2.06. The molecule has 1 aliphatic rings. The van der Waals surface area contributed by atoms with Crippen LogP contribution in [-0.4, -0.2) is 26.3 Å². The van der Waals surface area contributed by atoms with Gasteiger partial charge in [0.15, 0.2) is 0 Å². The zero-order chi connectivity index (χ0) is 12.3. The molecule has 0 aliphatic carbocycles. The van der Waals surface area contributed by atoms with Crippen LogP contribution in [0.15, 0.2) is 18.2 Å². The summed E-state index contributed by atoms with van der Waals surface area (Å²) in [5, 5.41) is 0. The van der Waals surface area contributed by atoms with Crippen molar-refractivity contribution in [2.75, 3.05) is 36.6 Å².